The van der Waals surface area contributed by atoms with Gasteiger partial charge in [0.05, 0.1) is 0 Å². The third kappa shape index (κ3) is 16.9. The molecule has 0 saturated carbocycles. The van der Waals surface area contributed by atoms with Gasteiger partial charge in [0.15, 0.2) is 5.17 Å². The van der Waals surface area contributed by atoms with Crippen LogP contribution >= 0.6 is 11.8 Å². The first-order chi connectivity index (χ1) is 6.77. The smallest absolute Gasteiger partial charge is 0.151 e. The molecule has 0 aromatic rings. The molecule has 0 aliphatic heterocycles. The third-order valence-electron chi connectivity index (χ3n) is 2.06. The number of hydrogen-bond acceptors (Lipinski definition) is 3. The van der Waals surface area contributed by atoms with Crippen molar-refractivity contribution in [1.82, 2.24) is 0 Å². The Labute approximate surface area is 107 Å². The third-order valence-corrected chi connectivity index (χ3v) is 2.86. The summed E-state index contributed by atoms with van der Waals surface area (Å²) in [6.07, 6.45) is 8.26. The minimum Gasteiger partial charge on any atom is -1.00 e. The average molecular weight is 298 g/mol. The predicted molar refractivity (Wildman–Crippen MR) is 63.8 cm³/mol. The van der Waals surface area contributed by atoms with E-state index in [2.05, 4.69) is 0 Å². The van der Waals surface area contributed by atoms with Crippen LogP contribution in [0.25, 0.3) is 0 Å². The number of aliphatic hydroxyl groups excluding tert-OH is 1. The molecule has 0 rings (SSSR count). The van der Waals surface area contributed by atoms with Crippen LogP contribution in [-0.2, 0) is 0 Å². The molecule has 5 heteroatoms. The van der Waals surface area contributed by atoms with Gasteiger partial charge in [-0.25, -0.2) is 0 Å². The zero-order chi connectivity index (χ0) is 10.6. The molecule has 0 bridgehead atoms. The van der Waals surface area contributed by atoms with Crippen LogP contribution < -0.4 is 22.7 Å². The van der Waals surface area contributed by atoms with Crippen LogP contribution in [0.3, 0.4) is 0 Å². The number of amidine groups is 1. The number of unbranched alkanes of at least 4 members (excludes halogenated alkanes) is 6. The Morgan fingerprint density at radius 3 is 1.93 bits per heavy atom. The molecule has 4 N–H and O–H groups in total. The first kappa shape index (κ1) is 17.6. The summed E-state index contributed by atoms with van der Waals surface area (Å²) in [5.74, 6) is 0.978. The highest BCUT2D eigenvalue weighted by Gasteiger charge is 1.93. The predicted octanol–water partition coefficient (Wildman–Crippen LogP) is -0.660. The molecule has 0 unspecified atom stereocenters. The van der Waals surface area contributed by atoms with E-state index in [0.29, 0.717) is 6.61 Å². The Hall–Kier alpha value is 0.260. The Morgan fingerprint density at radius 1 is 1.00 bits per heavy atom. The average Bonchev–Trinajstić information content (AvgIpc) is 2.15. The van der Waals surface area contributed by atoms with Crippen molar-refractivity contribution in [3.8, 4) is 0 Å². The van der Waals surface area contributed by atoms with E-state index in [1.807, 2.05) is 0 Å². The van der Waals surface area contributed by atoms with Crippen molar-refractivity contribution in [1.29, 1.82) is 5.41 Å². The molecule has 0 aromatic carbocycles. The van der Waals surface area contributed by atoms with Crippen molar-refractivity contribution in [2.45, 2.75) is 44.9 Å². The maximum atomic E-state index is 8.56. The summed E-state index contributed by atoms with van der Waals surface area (Å²) in [5.41, 5.74) is 5.21. The number of rotatable bonds is 9. The molecule has 0 aliphatic rings. The fourth-order valence-electron chi connectivity index (χ4n) is 1.28. The second-order valence-electron chi connectivity index (χ2n) is 3.41. The van der Waals surface area contributed by atoms with Crippen LogP contribution in [0, 0.1) is 5.41 Å². The minimum absolute atomic E-state index is 0. The lowest BCUT2D eigenvalue weighted by molar-refractivity contribution is -0.00000447. The highest BCUT2D eigenvalue weighted by molar-refractivity contribution is 8.13. The van der Waals surface area contributed by atoms with Gasteiger partial charge in [-0.05, 0) is 12.8 Å². The molecule has 0 fully saturated rings. The van der Waals surface area contributed by atoms with Crippen LogP contribution in [0.4, 0.5) is 0 Å². The number of halogens is 1. The van der Waals surface area contributed by atoms with Crippen molar-refractivity contribution in [2.24, 2.45) is 5.73 Å². The fourth-order valence-corrected chi connectivity index (χ4v) is 1.85. The normalized spacial score (nSPS) is 9.67. The lowest BCUT2D eigenvalue weighted by Crippen LogP contribution is -3.00. The van der Waals surface area contributed by atoms with E-state index < -0.39 is 0 Å². The van der Waals surface area contributed by atoms with E-state index >= 15 is 0 Å². The van der Waals surface area contributed by atoms with Gasteiger partial charge in [-0.3, -0.25) is 5.41 Å². The van der Waals surface area contributed by atoms with Crippen LogP contribution in [0.1, 0.15) is 44.9 Å². The lowest BCUT2D eigenvalue weighted by atomic mass is 10.1. The minimum atomic E-state index is 0. The SMILES string of the molecule is N=C(N)SCCCCCCCCCO.[Br-]. The molecule has 0 radical (unpaired) electrons. The summed E-state index contributed by atoms with van der Waals surface area (Å²) >= 11 is 1.43. The van der Waals surface area contributed by atoms with E-state index in [1.165, 1.54) is 37.4 Å². The van der Waals surface area contributed by atoms with Gasteiger partial charge >= 0.3 is 0 Å². The van der Waals surface area contributed by atoms with Gasteiger partial charge in [0.2, 0.25) is 0 Å². The molecule has 92 valence electrons. The number of nitrogens with one attached hydrogen (secondary N) is 1. The Balaban J connectivity index is 0. The molecule has 0 atom stereocenters. The van der Waals surface area contributed by atoms with Crippen LogP contribution in [0.2, 0.25) is 0 Å². The monoisotopic (exact) mass is 297 g/mol. The molecule has 15 heavy (non-hydrogen) atoms. The second-order valence-corrected chi connectivity index (χ2v) is 4.55. The van der Waals surface area contributed by atoms with Gasteiger partial charge < -0.3 is 27.8 Å². The Kier molecular flexibility index (Phi) is 16.8. The van der Waals surface area contributed by atoms with Crippen molar-refractivity contribution >= 4 is 16.9 Å². The summed E-state index contributed by atoms with van der Waals surface area (Å²) < 4.78 is 0. The molecule has 0 spiro atoms. The summed E-state index contributed by atoms with van der Waals surface area (Å²) in [4.78, 5) is 0. The van der Waals surface area contributed by atoms with Crippen molar-refractivity contribution < 1.29 is 22.1 Å². The van der Waals surface area contributed by atoms with E-state index in [1.54, 1.807) is 0 Å². The van der Waals surface area contributed by atoms with Crippen LogP contribution in [0.15, 0.2) is 0 Å². The molecule has 0 heterocycles. The standard InChI is InChI=1S/C10H22N2OS.BrH/c11-10(12)14-9-7-5-3-1-2-4-6-8-13;/h13H,1-9H2,(H3,11,12);1H/p-1. The van der Waals surface area contributed by atoms with Crippen LogP contribution in [-0.4, -0.2) is 22.6 Å². The summed E-state index contributed by atoms with van der Waals surface area (Å²) in [6.45, 7) is 0.329. The highest BCUT2D eigenvalue weighted by atomic mass is 79.9. The maximum Gasteiger partial charge on any atom is 0.151 e. The summed E-state index contributed by atoms with van der Waals surface area (Å²) in [5, 5.41) is 15.8. The van der Waals surface area contributed by atoms with Gasteiger partial charge in [-0.2, -0.15) is 0 Å². The topological polar surface area (TPSA) is 70.1 Å². The molecule has 0 saturated heterocycles. The van der Waals surface area contributed by atoms with E-state index in [9.17, 15) is 0 Å². The van der Waals surface area contributed by atoms with E-state index in [-0.39, 0.29) is 22.1 Å². The van der Waals surface area contributed by atoms with Crippen molar-refractivity contribution in [3.05, 3.63) is 0 Å². The molecule has 0 aliphatic carbocycles. The number of hydrogen-bond donors (Lipinski definition) is 3. The van der Waals surface area contributed by atoms with Crippen molar-refractivity contribution in [3.63, 3.8) is 0 Å². The van der Waals surface area contributed by atoms with Gasteiger partial charge in [0.1, 0.15) is 0 Å². The van der Waals surface area contributed by atoms with Gasteiger partial charge in [0.25, 0.3) is 0 Å². The van der Waals surface area contributed by atoms with E-state index in [0.717, 1.165) is 25.0 Å². The molecule has 3 nitrogen and oxygen atoms in total. The fraction of sp³-hybridized carbons (Fsp3) is 0.900. The first-order valence-electron chi connectivity index (χ1n) is 5.35. The maximum absolute atomic E-state index is 8.56. The van der Waals surface area contributed by atoms with Gasteiger partial charge in [0, 0.05) is 12.4 Å². The zero-order valence-corrected chi connectivity index (χ0v) is 11.6. The molecule has 0 aromatic heterocycles. The largest absolute Gasteiger partial charge is 1.00 e. The number of nitrogens with two attached hydrogens (primary N) is 1. The quantitative estimate of drug-likeness (QED) is 0.301. The Morgan fingerprint density at radius 2 is 1.47 bits per heavy atom. The van der Waals surface area contributed by atoms with Gasteiger partial charge in [-0.1, -0.05) is 43.9 Å². The molecular formula is C10H22BrN2OS-. The van der Waals surface area contributed by atoms with E-state index in [4.69, 9.17) is 16.2 Å². The molecular weight excluding hydrogens is 276 g/mol. The lowest BCUT2D eigenvalue weighted by Gasteiger charge is -2.00. The van der Waals surface area contributed by atoms with Gasteiger partial charge in [-0.15, -0.1) is 0 Å². The van der Waals surface area contributed by atoms with Crippen LogP contribution in [0.5, 0.6) is 0 Å². The second kappa shape index (κ2) is 14.3. The molecule has 0 amide bonds. The number of thioether (sulfide) groups is 1. The zero-order valence-electron chi connectivity index (χ0n) is 9.17. The summed E-state index contributed by atoms with van der Waals surface area (Å²) in [7, 11) is 0. The highest BCUT2D eigenvalue weighted by Crippen LogP contribution is 2.09. The number of aliphatic hydroxyl groups is 1. The Bertz CT molecular complexity index is 147. The van der Waals surface area contributed by atoms with Crippen molar-refractivity contribution in [2.75, 3.05) is 12.4 Å². The summed E-state index contributed by atoms with van der Waals surface area (Å²) in [6, 6.07) is 0. The first-order valence-corrected chi connectivity index (χ1v) is 6.33.